The van der Waals surface area contributed by atoms with Gasteiger partial charge in [-0.3, -0.25) is 9.67 Å². The van der Waals surface area contributed by atoms with Gasteiger partial charge < -0.3 is 15.1 Å². The summed E-state index contributed by atoms with van der Waals surface area (Å²) in [6.07, 6.45) is 5.65. The molecule has 1 N–H and O–H groups in total. The minimum absolute atomic E-state index is 0.741. The summed E-state index contributed by atoms with van der Waals surface area (Å²) in [5, 5.41) is 7.87. The number of aromatic nitrogens is 3. The average Bonchev–Trinajstić information content (AvgIpc) is 3.29. The number of hydrogen-bond donors (Lipinski definition) is 1. The predicted octanol–water partition coefficient (Wildman–Crippen LogP) is 2.22. The van der Waals surface area contributed by atoms with E-state index in [1.54, 1.807) is 0 Å². The van der Waals surface area contributed by atoms with Crippen LogP contribution in [-0.4, -0.2) is 58.9 Å². The smallest absolute Gasteiger partial charge is 0.194 e. The molecule has 0 unspecified atom stereocenters. The summed E-state index contributed by atoms with van der Waals surface area (Å²) in [6.45, 7) is 5.23. The van der Waals surface area contributed by atoms with Crippen LogP contribution in [0, 0.1) is 0 Å². The highest BCUT2D eigenvalue weighted by molar-refractivity contribution is 5.80. The van der Waals surface area contributed by atoms with Crippen LogP contribution in [0.1, 0.15) is 11.1 Å². The molecule has 1 aliphatic heterocycles. The highest BCUT2D eigenvalue weighted by Crippen LogP contribution is 2.13. The maximum absolute atomic E-state index is 4.51. The Morgan fingerprint density at radius 2 is 1.76 bits per heavy atom. The molecular formula is C22H27N7. The van der Waals surface area contributed by atoms with Crippen molar-refractivity contribution in [2.75, 3.05) is 38.1 Å². The fraction of sp³-hybridized carbons (Fsp3) is 0.318. The molecule has 0 radical (unpaired) electrons. The standard InChI is InChI=1S/C22H27N7/c1-23-22(28-15-13-27(14-16-28)21-9-4-5-10-24-21)25-17-19-7-2-3-8-20(19)18-29-12-6-11-26-29/h2-12H,13-18H2,1H3,(H,23,25). The summed E-state index contributed by atoms with van der Waals surface area (Å²) in [7, 11) is 1.85. The second kappa shape index (κ2) is 9.23. The summed E-state index contributed by atoms with van der Waals surface area (Å²) >= 11 is 0. The number of aliphatic imine (C=N–C) groups is 1. The quantitative estimate of drug-likeness (QED) is 0.536. The van der Waals surface area contributed by atoms with Gasteiger partial charge in [0.15, 0.2) is 5.96 Å². The van der Waals surface area contributed by atoms with E-state index < -0.39 is 0 Å². The van der Waals surface area contributed by atoms with Crippen molar-refractivity contribution >= 4 is 11.8 Å². The number of benzene rings is 1. The first-order valence-corrected chi connectivity index (χ1v) is 9.99. The van der Waals surface area contributed by atoms with E-state index in [9.17, 15) is 0 Å². The Morgan fingerprint density at radius 3 is 2.45 bits per heavy atom. The Hall–Kier alpha value is -3.35. The van der Waals surface area contributed by atoms with Crippen molar-refractivity contribution in [2.45, 2.75) is 13.1 Å². The zero-order chi connectivity index (χ0) is 19.9. The van der Waals surface area contributed by atoms with Crippen molar-refractivity contribution in [3.05, 3.63) is 78.2 Å². The van der Waals surface area contributed by atoms with Gasteiger partial charge in [0.05, 0.1) is 6.54 Å². The lowest BCUT2D eigenvalue weighted by Crippen LogP contribution is -2.52. The van der Waals surface area contributed by atoms with Crippen molar-refractivity contribution in [3.8, 4) is 0 Å². The Kier molecular flexibility index (Phi) is 6.04. The molecule has 150 valence electrons. The molecule has 1 aromatic carbocycles. The minimum Gasteiger partial charge on any atom is -0.353 e. The Balaban J connectivity index is 1.35. The van der Waals surface area contributed by atoms with Gasteiger partial charge in [-0.1, -0.05) is 30.3 Å². The van der Waals surface area contributed by atoms with Gasteiger partial charge in [-0.15, -0.1) is 0 Å². The molecule has 0 atom stereocenters. The normalized spacial score (nSPS) is 14.9. The molecule has 3 heterocycles. The molecule has 3 aromatic rings. The van der Waals surface area contributed by atoms with Crippen LogP contribution in [-0.2, 0) is 13.1 Å². The summed E-state index contributed by atoms with van der Waals surface area (Å²) < 4.78 is 1.95. The molecule has 29 heavy (non-hydrogen) atoms. The van der Waals surface area contributed by atoms with Crippen LogP contribution in [0.4, 0.5) is 5.82 Å². The fourth-order valence-corrected chi connectivity index (χ4v) is 3.65. The lowest BCUT2D eigenvalue weighted by molar-refractivity contribution is 0.371. The number of rotatable bonds is 5. The average molecular weight is 390 g/mol. The number of pyridine rings is 1. The van der Waals surface area contributed by atoms with Gasteiger partial charge in [-0.2, -0.15) is 5.10 Å². The molecular weight excluding hydrogens is 362 g/mol. The van der Waals surface area contributed by atoms with Gasteiger partial charge in [-0.25, -0.2) is 4.98 Å². The summed E-state index contributed by atoms with van der Waals surface area (Å²) in [5.74, 6) is 1.99. The Bertz CT molecular complexity index is 913. The monoisotopic (exact) mass is 389 g/mol. The number of guanidine groups is 1. The van der Waals surface area contributed by atoms with Crippen LogP contribution in [0.5, 0.6) is 0 Å². The first-order chi connectivity index (χ1) is 14.3. The van der Waals surface area contributed by atoms with E-state index in [1.165, 1.54) is 11.1 Å². The van der Waals surface area contributed by atoms with E-state index in [0.717, 1.165) is 51.0 Å². The number of hydrogen-bond acceptors (Lipinski definition) is 4. The molecule has 0 bridgehead atoms. The van der Waals surface area contributed by atoms with E-state index in [1.807, 2.05) is 48.5 Å². The molecule has 4 rings (SSSR count). The summed E-state index contributed by atoms with van der Waals surface area (Å²) in [5.41, 5.74) is 2.52. The predicted molar refractivity (Wildman–Crippen MR) is 116 cm³/mol. The van der Waals surface area contributed by atoms with Crippen LogP contribution in [0.15, 0.2) is 72.1 Å². The van der Waals surface area contributed by atoms with Crippen LogP contribution < -0.4 is 10.2 Å². The van der Waals surface area contributed by atoms with Gasteiger partial charge in [-0.05, 0) is 29.3 Å². The lowest BCUT2D eigenvalue weighted by atomic mass is 10.1. The third-order valence-electron chi connectivity index (χ3n) is 5.21. The minimum atomic E-state index is 0.741. The van der Waals surface area contributed by atoms with Crippen LogP contribution in [0.3, 0.4) is 0 Å². The van der Waals surface area contributed by atoms with Crippen LogP contribution >= 0.6 is 0 Å². The Morgan fingerprint density at radius 1 is 0.966 bits per heavy atom. The first-order valence-electron chi connectivity index (χ1n) is 9.99. The highest BCUT2D eigenvalue weighted by atomic mass is 15.4. The van der Waals surface area contributed by atoms with Crippen molar-refractivity contribution in [3.63, 3.8) is 0 Å². The van der Waals surface area contributed by atoms with Gasteiger partial charge in [0.2, 0.25) is 0 Å². The highest BCUT2D eigenvalue weighted by Gasteiger charge is 2.20. The van der Waals surface area contributed by atoms with E-state index in [-0.39, 0.29) is 0 Å². The van der Waals surface area contributed by atoms with E-state index in [0.29, 0.717) is 0 Å². The summed E-state index contributed by atoms with van der Waals surface area (Å²) in [4.78, 5) is 13.6. The van der Waals surface area contributed by atoms with Gasteiger partial charge in [0.25, 0.3) is 0 Å². The topological polar surface area (TPSA) is 61.6 Å². The number of anilines is 1. The molecule has 1 aliphatic rings. The zero-order valence-corrected chi connectivity index (χ0v) is 16.8. The molecule has 0 aliphatic carbocycles. The maximum Gasteiger partial charge on any atom is 0.194 e. The number of nitrogens with zero attached hydrogens (tertiary/aromatic N) is 6. The van der Waals surface area contributed by atoms with Gasteiger partial charge in [0, 0.05) is 58.4 Å². The molecule has 2 aromatic heterocycles. The SMILES string of the molecule is CN=C(NCc1ccccc1Cn1cccn1)N1CCN(c2ccccn2)CC1. The largest absolute Gasteiger partial charge is 0.353 e. The van der Waals surface area contributed by atoms with Gasteiger partial charge in [0.1, 0.15) is 5.82 Å². The molecule has 7 heteroatoms. The van der Waals surface area contributed by atoms with Crippen molar-refractivity contribution in [1.82, 2.24) is 25.0 Å². The van der Waals surface area contributed by atoms with Crippen molar-refractivity contribution in [1.29, 1.82) is 0 Å². The van der Waals surface area contributed by atoms with Crippen molar-refractivity contribution < 1.29 is 0 Å². The third-order valence-corrected chi connectivity index (χ3v) is 5.21. The second-order valence-electron chi connectivity index (χ2n) is 7.04. The maximum atomic E-state index is 4.51. The molecule has 7 nitrogen and oxygen atoms in total. The number of piperazine rings is 1. The van der Waals surface area contributed by atoms with E-state index >= 15 is 0 Å². The molecule has 0 saturated carbocycles. The third kappa shape index (κ3) is 4.74. The molecule has 0 amide bonds. The molecule has 1 saturated heterocycles. The van der Waals surface area contributed by atoms with E-state index in [2.05, 4.69) is 60.5 Å². The second-order valence-corrected chi connectivity index (χ2v) is 7.04. The Labute approximate surface area is 171 Å². The first kappa shape index (κ1) is 19.0. The zero-order valence-electron chi connectivity index (χ0n) is 16.8. The number of nitrogens with one attached hydrogen (secondary N) is 1. The summed E-state index contributed by atoms with van der Waals surface area (Å²) in [6, 6.07) is 16.5. The molecule has 0 spiro atoms. The van der Waals surface area contributed by atoms with Gasteiger partial charge >= 0.3 is 0 Å². The van der Waals surface area contributed by atoms with Crippen LogP contribution in [0.2, 0.25) is 0 Å². The lowest BCUT2D eigenvalue weighted by Gasteiger charge is -2.37. The van der Waals surface area contributed by atoms with Crippen molar-refractivity contribution in [2.24, 2.45) is 4.99 Å². The van der Waals surface area contributed by atoms with E-state index in [4.69, 9.17) is 0 Å². The van der Waals surface area contributed by atoms with Crippen LogP contribution in [0.25, 0.3) is 0 Å². The fourth-order valence-electron chi connectivity index (χ4n) is 3.65. The molecule has 1 fully saturated rings.